The van der Waals surface area contributed by atoms with E-state index in [0.717, 1.165) is 28.7 Å². The molecular weight excluding hydrogens is 613 g/mol. The van der Waals surface area contributed by atoms with Gasteiger partial charge in [0.15, 0.2) is 11.9 Å². The predicted octanol–water partition coefficient (Wildman–Crippen LogP) is 6.45. The number of carbonyl (C=O) groups is 1. The first-order chi connectivity index (χ1) is 20.6. The lowest BCUT2D eigenvalue weighted by molar-refractivity contribution is -0.618. The molecule has 1 aliphatic rings. The van der Waals surface area contributed by atoms with Crippen molar-refractivity contribution in [2.45, 2.75) is 58.2 Å². The minimum Gasteiger partial charge on any atom is -0.618 e. The maximum absolute atomic E-state index is 13.8. The Morgan fingerprint density at radius 3 is 2.30 bits per heavy atom. The van der Waals surface area contributed by atoms with Gasteiger partial charge in [-0.3, -0.25) is 4.79 Å². The Hall–Kier alpha value is -2.75. The zero-order chi connectivity index (χ0) is 31.1. The number of nitrogens with two attached hydrogens (primary N) is 1. The number of benzene rings is 2. The first-order valence-corrected chi connectivity index (χ1v) is 15.5. The number of amides is 1. The van der Waals surface area contributed by atoms with Crippen LogP contribution in [0.15, 0.2) is 48.7 Å². The summed E-state index contributed by atoms with van der Waals surface area (Å²) in [6.45, 7) is 4.95. The van der Waals surface area contributed by atoms with Gasteiger partial charge < -0.3 is 30.1 Å². The number of aromatic nitrogens is 1. The number of hydrogen-bond donors (Lipinski definition) is 1. The molecule has 1 aromatic heterocycles. The highest BCUT2D eigenvalue weighted by Crippen LogP contribution is 2.34. The van der Waals surface area contributed by atoms with Crippen LogP contribution in [0.5, 0.6) is 11.5 Å². The van der Waals surface area contributed by atoms with Crippen LogP contribution in [-0.4, -0.2) is 43.7 Å². The molecule has 2 N–H and O–H groups in total. The Morgan fingerprint density at radius 2 is 1.72 bits per heavy atom. The maximum atomic E-state index is 13.8. The number of hydrogen-bond acceptors (Lipinski definition) is 6. The zero-order valence-electron chi connectivity index (χ0n) is 24.7. The average Bonchev–Trinajstić information content (AvgIpc) is 3.82. The molecule has 1 fully saturated rings. The molecule has 3 aromatic rings. The molecule has 2 aromatic carbocycles. The Morgan fingerprint density at radius 1 is 1.07 bits per heavy atom. The van der Waals surface area contributed by atoms with E-state index in [9.17, 15) is 10.0 Å². The fourth-order valence-corrected chi connectivity index (χ4v) is 5.93. The van der Waals surface area contributed by atoms with Crippen LogP contribution >= 0.6 is 34.8 Å². The monoisotopic (exact) mass is 649 g/mol. The van der Waals surface area contributed by atoms with Gasteiger partial charge in [0.2, 0.25) is 11.6 Å². The maximum Gasteiger partial charge on any atom is 0.227 e. The second-order valence-electron chi connectivity index (χ2n) is 10.8. The third kappa shape index (κ3) is 8.67. The van der Waals surface area contributed by atoms with Crippen LogP contribution in [0.2, 0.25) is 15.1 Å². The lowest BCUT2D eigenvalue weighted by Crippen LogP contribution is -2.41. The normalized spacial score (nSPS) is 14.3. The summed E-state index contributed by atoms with van der Waals surface area (Å²) in [4.78, 5) is 15.6. The van der Waals surface area contributed by atoms with Crippen molar-refractivity contribution in [1.82, 2.24) is 4.90 Å². The van der Waals surface area contributed by atoms with Gasteiger partial charge >= 0.3 is 0 Å². The lowest BCUT2D eigenvalue weighted by atomic mass is 9.97. The summed E-state index contributed by atoms with van der Waals surface area (Å²) in [5.41, 5.74) is 9.23. The average molecular weight is 651 g/mol. The van der Waals surface area contributed by atoms with E-state index in [1.807, 2.05) is 43.0 Å². The largest absolute Gasteiger partial charge is 0.618 e. The van der Waals surface area contributed by atoms with Crippen LogP contribution in [0, 0.1) is 18.0 Å². The van der Waals surface area contributed by atoms with Crippen LogP contribution in [0.25, 0.3) is 0 Å². The molecule has 0 saturated heterocycles. The van der Waals surface area contributed by atoms with Gasteiger partial charge in [0, 0.05) is 37.9 Å². The van der Waals surface area contributed by atoms with Gasteiger partial charge in [-0.1, -0.05) is 53.9 Å². The summed E-state index contributed by atoms with van der Waals surface area (Å²) >= 11 is 18.9. The van der Waals surface area contributed by atoms with Crippen LogP contribution in [0.1, 0.15) is 54.7 Å². The number of pyridine rings is 1. The highest BCUT2D eigenvalue weighted by molar-refractivity contribution is 6.37. The summed E-state index contributed by atoms with van der Waals surface area (Å²) in [6.07, 6.45) is 3.95. The van der Waals surface area contributed by atoms with E-state index in [2.05, 4.69) is 0 Å². The topological polar surface area (TPSA) is 101 Å². The second-order valence-corrected chi connectivity index (χ2v) is 12.0. The number of aryl methyl sites for hydroxylation is 1. The molecule has 4 rings (SSSR count). The number of nitrogens with zero attached hydrogens (tertiary/aromatic N) is 2. The molecule has 2 unspecified atom stereocenters. The Kier molecular flexibility index (Phi) is 11.8. The number of rotatable bonds is 15. The zero-order valence-corrected chi connectivity index (χ0v) is 26.9. The summed E-state index contributed by atoms with van der Waals surface area (Å²) in [5, 5.41) is 13.7. The Labute approximate surface area is 268 Å². The van der Waals surface area contributed by atoms with Gasteiger partial charge in [0.25, 0.3) is 0 Å². The van der Waals surface area contributed by atoms with Crippen molar-refractivity contribution in [3.63, 3.8) is 0 Å². The number of ether oxygens (including phenoxy) is 3. The SMILES string of the molecule is CCC(OC)c1cc(CN(C(=O)C(CN)Cc2ccc(OCCOc3c(Cl)cc(C)cc3Cl)cc2)C2CC2)c(Cl)c[n+]1[O-]. The van der Waals surface area contributed by atoms with Gasteiger partial charge in [-0.15, -0.1) is 0 Å². The van der Waals surface area contributed by atoms with Crippen molar-refractivity contribution in [2.75, 3.05) is 26.9 Å². The minimum atomic E-state index is -0.404. The van der Waals surface area contributed by atoms with Gasteiger partial charge in [-0.25, -0.2) is 0 Å². The van der Waals surface area contributed by atoms with Gasteiger partial charge in [0.1, 0.15) is 30.1 Å². The first kappa shape index (κ1) is 33.1. The lowest BCUT2D eigenvalue weighted by Gasteiger charge is -2.28. The van der Waals surface area contributed by atoms with E-state index in [1.165, 1.54) is 6.20 Å². The second kappa shape index (κ2) is 15.3. The number of carbonyl (C=O) groups excluding carboxylic acids is 1. The van der Waals surface area contributed by atoms with Gasteiger partial charge in [0.05, 0.1) is 16.0 Å². The van der Waals surface area contributed by atoms with Crippen molar-refractivity contribution < 1.29 is 23.7 Å². The molecule has 11 heteroatoms. The van der Waals surface area contributed by atoms with E-state index < -0.39 is 5.92 Å². The predicted molar refractivity (Wildman–Crippen MR) is 169 cm³/mol. The fraction of sp³-hybridized carbons (Fsp3) is 0.438. The third-order valence-electron chi connectivity index (χ3n) is 7.49. The van der Waals surface area contributed by atoms with Crippen LogP contribution in [-0.2, 0) is 22.5 Å². The van der Waals surface area contributed by atoms with Crippen molar-refractivity contribution in [3.8, 4) is 11.5 Å². The first-order valence-electron chi connectivity index (χ1n) is 14.4. The van der Waals surface area contributed by atoms with Crippen LogP contribution in [0.3, 0.4) is 0 Å². The van der Waals surface area contributed by atoms with Crippen molar-refractivity contribution in [3.05, 3.63) is 91.3 Å². The minimum absolute atomic E-state index is 0.0221. The summed E-state index contributed by atoms with van der Waals surface area (Å²) in [6, 6.07) is 13.1. The van der Waals surface area contributed by atoms with Gasteiger partial charge in [-0.2, -0.15) is 4.73 Å². The molecule has 1 amide bonds. The molecule has 8 nitrogen and oxygen atoms in total. The molecule has 0 bridgehead atoms. The molecule has 0 spiro atoms. The highest BCUT2D eigenvalue weighted by atomic mass is 35.5. The molecule has 232 valence electrons. The van der Waals surface area contributed by atoms with Crippen molar-refractivity contribution >= 4 is 40.7 Å². The van der Waals surface area contributed by atoms with E-state index >= 15 is 0 Å². The third-order valence-corrected chi connectivity index (χ3v) is 8.39. The van der Waals surface area contributed by atoms with E-state index in [0.29, 0.717) is 63.8 Å². The molecule has 1 aliphatic carbocycles. The van der Waals surface area contributed by atoms with Crippen molar-refractivity contribution in [2.24, 2.45) is 11.7 Å². The van der Waals surface area contributed by atoms with Crippen molar-refractivity contribution in [1.29, 1.82) is 0 Å². The summed E-state index contributed by atoms with van der Waals surface area (Å²) in [5.74, 6) is 0.690. The van der Waals surface area contributed by atoms with Crippen LogP contribution in [0.4, 0.5) is 0 Å². The Balaban J connectivity index is 1.36. The van der Waals surface area contributed by atoms with E-state index in [4.69, 9.17) is 54.7 Å². The molecule has 0 aliphatic heterocycles. The quantitative estimate of drug-likeness (QED) is 0.115. The smallest absolute Gasteiger partial charge is 0.227 e. The van der Waals surface area contributed by atoms with E-state index in [-0.39, 0.29) is 31.2 Å². The Bertz CT molecular complexity index is 1370. The van der Waals surface area contributed by atoms with E-state index in [1.54, 1.807) is 25.3 Å². The summed E-state index contributed by atoms with van der Waals surface area (Å²) in [7, 11) is 1.57. The molecule has 1 heterocycles. The fourth-order valence-electron chi connectivity index (χ4n) is 5.02. The molecular formula is C32H38Cl3N3O5. The number of methoxy groups -OCH3 is 1. The highest BCUT2D eigenvalue weighted by Gasteiger charge is 2.36. The van der Waals surface area contributed by atoms with Crippen LogP contribution < -0.4 is 19.9 Å². The van der Waals surface area contributed by atoms with Gasteiger partial charge in [-0.05, 0) is 68.0 Å². The molecule has 43 heavy (non-hydrogen) atoms. The molecule has 2 atom stereocenters. The summed E-state index contributed by atoms with van der Waals surface area (Å²) < 4.78 is 17.7. The standard InChI is InChI=1S/C32H38Cl3N3O5/c1-4-30(41-3)29-16-23(28(35)19-38(29)40)18-37(24-7-8-24)32(39)22(17-36)15-21-5-9-25(10-6-21)42-11-12-43-31-26(33)13-20(2)14-27(31)34/h5-6,9-10,13-14,16,19,22,24,30H,4,7-8,11-12,15,17-18,36H2,1-3H3. The molecule has 1 saturated carbocycles. The number of halogens is 3. The molecule has 0 radical (unpaired) electrons.